The minimum absolute atomic E-state index is 0.123. The summed E-state index contributed by atoms with van der Waals surface area (Å²) in [5.41, 5.74) is 0.755. The number of allylic oxidation sites excluding steroid dienone is 1. The maximum Gasteiger partial charge on any atom is 0.310 e. The van der Waals surface area contributed by atoms with E-state index in [2.05, 4.69) is 5.32 Å². The maximum absolute atomic E-state index is 14.0. The average molecular weight is 471 g/mol. The Morgan fingerprint density at radius 3 is 2.47 bits per heavy atom. The lowest BCUT2D eigenvalue weighted by Gasteiger charge is -2.34. The first-order chi connectivity index (χ1) is 16.5. The largest absolute Gasteiger partial charge is 0.466 e. The molecule has 0 bridgehead atoms. The van der Waals surface area contributed by atoms with E-state index in [9.17, 15) is 19.5 Å². The van der Waals surface area contributed by atoms with Gasteiger partial charge in [0.25, 0.3) is 0 Å². The van der Waals surface area contributed by atoms with Crippen LogP contribution in [-0.2, 0) is 19.1 Å². The Hall–Kier alpha value is -2.67. The molecule has 1 aromatic carbocycles. The summed E-state index contributed by atoms with van der Waals surface area (Å²) in [5.74, 6) is -2.83. The lowest BCUT2D eigenvalue weighted by molar-refractivity contribution is -0.156. The minimum Gasteiger partial charge on any atom is -0.466 e. The molecular formula is C27H38N2O5. The monoisotopic (exact) mass is 470 g/mol. The van der Waals surface area contributed by atoms with Crippen molar-refractivity contribution in [1.29, 1.82) is 0 Å². The van der Waals surface area contributed by atoms with E-state index in [0.29, 0.717) is 6.54 Å². The van der Waals surface area contributed by atoms with Crippen molar-refractivity contribution in [3.8, 4) is 0 Å². The fourth-order valence-corrected chi connectivity index (χ4v) is 5.47. The van der Waals surface area contributed by atoms with Crippen molar-refractivity contribution in [2.45, 2.75) is 58.5 Å². The summed E-state index contributed by atoms with van der Waals surface area (Å²) in [5, 5.41) is 13.3. The molecule has 3 rings (SSSR count). The predicted octanol–water partition coefficient (Wildman–Crippen LogP) is 3.24. The fraction of sp³-hybridized carbons (Fsp3) is 0.593. The number of hydrogen-bond donors (Lipinski definition) is 2. The van der Waals surface area contributed by atoms with Crippen molar-refractivity contribution in [2.75, 3.05) is 19.8 Å². The van der Waals surface area contributed by atoms with Crippen LogP contribution in [-0.4, -0.2) is 53.6 Å². The number of ether oxygens (including phenoxy) is 1. The Morgan fingerprint density at radius 1 is 1.12 bits per heavy atom. The maximum atomic E-state index is 14.0. The number of carbonyl (C=O) groups excluding carboxylic acids is 3. The number of nitrogens with one attached hydrogen (secondary N) is 1. The number of aliphatic hydroxyl groups excluding tert-OH is 1. The van der Waals surface area contributed by atoms with Crippen LogP contribution in [0.4, 0.5) is 0 Å². The molecule has 1 heterocycles. The van der Waals surface area contributed by atoms with Gasteiger partial charge in [-0.1, -0.05) is 69.2 Å². The summed E-state index contributed by atoms with van der Waals surface area (Å²) in [4.78, 5) is 42.1. The number of amides is 2. The molecule has 0 saturated carbocycles. The van der Waals surface area contributed by atoms with Crippen LogP contribution in [0.1, 0.15) is 58.1 Å². The number of nitrogens with zero attached hydrogens (tertiary/aromatic N) is 1. The van der Waals surface area contributed by atoms with Gasteiger partial charge in [0.05, 0.1) is 31.1 Å². The number of rotatable bonds is 11. The molecule has 6 atom stereocenters. The van der Waals surface area contributed by atoms with Gasteiger partial charge in [0.15, 0.2) is 0 Å². The summed E-state index contributed by atoms with van der Waals surface area (Å²) >= 11 is 0. The van der Waals surface area contributed by atoms with E-state index in [4.69, 9.17) is 4.74 Å². The van der Waals surface area contributed by atoms with Gasteiger partial charge in [0.2, 0.25) is 11.8 Å². The van der Waals surface area contributed by atoms with Crippen LogP contribution in [0.25, 0.3) is 0 Å². The molecule has 2 N–H and O–H groups in total. The fourth-order valence-electron chi connectivity index (χ4n) is 5.47. The van der Waals surface area contributed by atoms with Gasteiger partial charge in [-0.2, -0.15) is 0 Å². The normalized spacial score (nSPS) is 26.8. The molecule has 1 aliphatic carbocycles. The second-order valence-electron chi connectivity index (χ2n) is 9.16. The molecule has 1 saturated heterocycles. The molecule has 0 radical (unpaired) electrons. The summed E-state index contributed by atoms with van der Waals surface area (Å²) < 4.78 is 5.40. The lowest BCUT2D eigenvalue weighted by atomic mass is 9.69. The highest BCUT2D eigenvalue weighted by Gasteiger charge is 2.59. The van der Waals surface area contributed by atoms with Gasteiger partial charge in [-0.25, -0.2) is 0 Å². The summed E-state index contributed by atoms with van der Waals surface area (Å²) in [6, 6.07) is 7.78. The molecule has 7 nitrogen and oxygen atoms in total. The van der Waals surface area contributed by atoms with E-state index in [1.54, 1.807) is 6.92 Å². The van der Waals surface area contributed by atoms with Crippen LogP contribution in [0.3, 0.4) is 0 Å². The van der Waals surface area contributed by atoms with Crippen LogP contribution in [0, 0.1) is 23.7 Å². The van der Waals surface area contributed by atoms with Gasteiger partial charge in [-0.3, -0.25) is 14.4 Å². The van der Waals surface area contributed by atoms with Gasteiger partial charge in [-0.05, 0) is 31.2 Å². The molecular weight excluding hydrogens is 432 g/mol. The van der Waals surface area contributed by atoms with E-state index >= 15 is 0 Å². The first kappa shape index (κ1) is 25.9. The number of carbonyl (C=O) groups is 3. The number of hydrogen-bond acceptors (Lipinski definition) is 5. The predicted molar refractivity (Wildman–Crippen MR) is 129 cm³/mol. The molecule has 1 aromatic rings. The van der Waals surface area contributed by atoms with Crippen LogP contribution < -0.4 is 5.32 Å². The van der Waals surface area contributed by atoms with Crippen LogP contribution in [0.5, 0.6) is 0 Å². The first-order valence-electron chi connectivity index (χ1n) is 12.6. The summed E-state index contributed by atoms with van der Waals surface area (Å²) in [6.45, 7) is 6.28. The van der Waals surface area contributed by atoms with Gasteiger partial charge in [-0.15, -0.1) is 0 Å². The molecule has 186 valence electrons. The molecule has 2 aliphatic rings. The Morgan fingerprint density at radius 2 is 1.85 bits per heavy atom. The highest BCUT2D eigenvalue weighted by molar-refractivity contribution is 5.96. The second kappa shape index (κ2) is 12.2. The molecule has 0 unspecified atom stereocenters. The first-order valence-corrected chi connectivity index (χ1v) is 12.6. The quantitative estimate of drug-likeness (QED) is 0.294. The summed E-state index contributed by atoms with van der Waals surface area (Å²) in [6.07, 6.45) is 7.33. The van der Waals surface area contributed by atoms with Gasteiger partial charge >= 0.3 is 5.97 Å². The topological polar surface area (TPSA) is 95.9 Å². The third kappa shape index (κ3) is 5.19. The Kier molecular flexibility index (Phi) is 9.28. The van der Waals surface area contributed by atoms with Crippen LogP contribution in [0.15, 0.2) is 42.5 Å². The van der Waals surface area contributed by atoms with Gasteiger partial charge in [0, 0.05) is 12.5 Å². The van der Waals surface area contributed by atoms with E-state index in [-0.39, 0.29) is 36.9 Å². The van der Waals surface area contributed by atoms with E-state index in [1.807, 2.05) is 56.3 Å². The molecule has 0 aromatic heterocycles. The molecule has 7 heteroatoms. The zero-order valence-corrected chi connectivity index (χ0v) is 20.5. The number of benzene rings is 1. The molecule has 34 heavy (non-hydrogen) atoms. The van der Waals surface area contributed by atoms with Crippen molar-refractivity contribution < 1.29 is 24.2 Å². The molecule has 2 amide bonds. The van der Waals surface area contributed by atoms with E-state index < -0.39 is 29.8 Å². The third-order valence-corrected chi connectivity index (χ3v) is 7.02. The van der Waals surface area contributed by atoms with Gasteiger partial charge < -0.3 is 20.1 Å². The van der Waals surface area contributed by atoms with Crippen molar-refractivity contribution >= 4 is 17.8 Å². The SMILES string of the molecule is CCCCNC(=O)[C@@H]1[C@H]2C=C[C@@H](CCC)[C@@H](C(=O)OCC)[C@H]2C(=O)N1[C@H](CO)c1ccccc1. The highest BCUT2D eigenvalue weighted by Crippen LogP contribution is 2.48. The van der Waals surface area contributed by atoms with Crippen LogP contribution >= 0.6 is 0 Å². The number of aliphatic hydroxyl groups is 1. The third-order valence-electron chi connectivity index (χ3n) is 7.02. The Bertz CT molecular complexity index is 871. The average Bonchev–Trinajstić information content (AvgIpc) is 3.13. The standard InChI is InChI=1S/C27H38N2O5/c1-4-7-16-28-25(31)24-20-15-14-19(11-5-2)22(27(33)34-6-3)23(20)26(32)29(24)21(17-30)18-12-9-8-10-13-18/h8-10,12-15,19-24,30H,4-7,11,16-17H2,1-3H3,(H,28,31)/t19-,20+,21-,22-,23+,24+/m1/s1. The molecule has 1 fully saturated rings. The van der Waals surface area contributed by atoms with E-state index in [1.165, 1.54) is 4.90 Å². The van der Waals surface area contributed by atoms with Crippen molar-refractivity contribution in [3.05, 3.63) is 48.0 Å². The van der Waals surface area contributed by atoms with E-state index in [0.717, 1.165) is 31.2 Å². The van der Waals surface area contributed by atoms with Crippen molar-refractivity contribution in [1.82, 2.24) is 10.2 Å². The van der Waals surface area contributed by atoms with Crippen molar-refractivity contribution in [3.63, 3.8) is 0 Å². The molecule has 0 spiro atoms. The smallest absolute Gasteiger partial charge is 0.310 e. The Labute approximate surface area is 202 Å². The zero-order valence-electron chi connectivity index (χ0n) is 20.5. The van der Waals surface area contributed by atoms with Crippen LogP contribution in [0.2, 0.25) is 0 Å². The van der Waals surface area contributed by atoms with Gasteiger partial charge in [0.1, 0.15) is 6.04 Å². The summed E-state index contributed by atoms with van der Waals surface area (Å²) in [7, 11) is 0. The molecule has 1 aliphatic heterocycles. The number of unbranched alkanes of at least 4 members (excludes halogenated alkanes) is 1. The van der Waals surface area contributed by atoms with Crippen molar-refractivity contribution in [2.24, 2.45) is 23.7 Å². The number of likely N-dealkylation sites (tertiary alicyclic amines) is 1. The minimum atomic E-state index is -0.803. The number of fused-ring (bicyclic) bond motifs is 1. The number of esters is 1. The Balaban J connectivity index is 2.06. The second-order valence-corrected chi connectivity index (χ2v) is 9.16. The lowest BCUT2D eigenvalue weighted by Crippen LogP contribution is -2.49. The highest BCUT2D eigenvalue weighted by atomic mass is 16.5. The zero-order chi connectivity index (χ0) is 24.7.